The second kappa shape index (κ2) is 14.0. The first-order valence-electron chi connectivity index (χ1n) is 15.0. The summed E-state index contributed by atoms with van der Waals surface area (Å²) in [5.74, 6) is -1.83. The van der Waals surface area contributed by atoms with Crippen LogP contribution in [0.5, 0.6) is 5.75 Å². The number of hydrogen-bond acceptors (Lipinski definition) is 6. The minimum Gasteiger partial charge on any atom is -0.507 e. The largest absolute Gasteiger partial charge is 0.507 e. The van der Waals surface area contributed by atoms with Crippen molar-refractivity contribution in [3.8, 4) is 5.75 Å². The molecule has 1 fully saturated rings. The maximum atomic E-state index is 14.1. The van der Waals surface area contributed by atoms with E-state index in [1.165, 1.54) is 60.1 Å². The number of pyridine rings is 1. The number of anilines is 1. The Balaban J connectivity index is 1.48. The van der Waals surface area contributed by atoms with Gasteiger partial charge in [0, 0.05) is 30.7 Å². The fourth-order valence-electron chi connectivity index (χ4n) is 5.72. The van der Waals surface area contributed by atoms with Crippen LogP contribution in [0.25, 0.3) is 0 Å². The van der Waals surface area contributed by atoms with E-state index in [1.807, 2.05) is 19.1 Å². The van der Waals surface area contributed by atoms with Gasteiger partial charge in [0.25, 0.3) is 0 Å². The number of amides is 1. The second-order valence-electron chi connectivity index (χ2n) is 11.5. The third-order valence-electron chi connectivity index (χ3n) is 8.27. The molecule has 0 saturated heterocycles. The summed E-state index contributed by atoms with van der Waals surface area (Å²) in [4.78, 5) is 31.2. The lowest BCUT2D eigenvalue weighted by molar-refractivity contribution is -0.119. The number of carbonyl (C=O) groups is 2. The van der Waals surface area contributed by atoms with Crippen LogP contribution in [0, 0.1) is 6.92 Å². The predicted molar refractivity (Wildman–Crippen MR) is 172 cm³/mol. The molecule has 0 aliphatic heterocycles. The Kier molecular flexibility index (Phi) is 9.95. The Morgan fingerprint density at radius 3 is 2.22 bits per heavy atom. The highest BCUT2D eigenvalue weighted by Crippen LogP contribution is 2.33. The molecule has 0 unspecified atom stereocenters. The fraction of sp³-hybridized carbons (Fsp3) is 0.286. The van der Waals surface area contributed by atoms with E-state index in [2.05, 4.69) is 17.1 Å². The lowest BCUT2D eigenvalue weighted by Gasteiger charge is -2.28. The molecule has 1 saturated carbocycles. The van der Waals surface area contributed by atoms with Crippen molar-refractivity contribution >= 4 is 27.6 Å². The van der Waals surface area contributed by atoms with Crippen LogP contribution in [-0.4, -0.2) is 46.3 Å². The minimum absolute atomic E-state index is 0.0538. The van der Waals surface area contributed by atoms with E-state index in [4.69, 9.17) is 0 Å². The number of aromatic hydroxyl groups is 1. The van der Waals surface area contributed by atoms with Gasteiger partial charge in [0.1, 0.15) is 11.3 Å². The summed E-state index contributed by atoms with van der Waals surface area (Å²) in [5, 5.41) is 19.9. The molecule has 1 aliphatic rings. The third-order valence-corrected chi connectivity index (χ3v) is 10.1. The number of rotatable bonds is 11. The number of carbonyl (C=O) groups excluding carboxylic acids is 1. The smallest absolute Gasteiger partial charge is 0.339 e. The Morgan fingerprint density at radius 2 is 1.60 bits per heavy atom. The Bertz CT molecular complexity index is 1740. The van der Waals surface area contributed by atoms with E-state index < -0.39 is 34.2 Å². The van der Waals surface area contributed by atoms with Gasteiger partial charge in [-0.3, -0.25) is 9.78 Å². The Morgan fingerprint density at radius 1 is 0.889 bits per heavy atom. The number of carboxylic acids is 1. The van der Waals surface area contributed by atoms with Crippen molar-refractivity contribution in [1.29, 1.82) is 0 Å². The van der Waals surface area contributed by atoms with Crippen LogP contribution in [0.4, 0.5) is 5.69 Å². The maximum Gasteiger partial charge on any atom is 0.339 e. The highest BCUT2D eigenvalue weighted by Gasteiger charge is 2.30. The zero-order valence-electron chi connectivity index (χ0n) is 25.2. The normalized spacial score (nSPS) is 13.9. The number of hydrogen-bond donors (Lipinski definition) is 2. The summed E-state index contributed by atoms with van der Waals surface area (Å²) in [6.45, 7) is 1.34. The van der Waals surface area contributed by atoms with E-state index in [0.29, 0.717) is 11.5 Å². The number of carboxylic acid groups (broad SMARTS) is 1. The predicted octanol–water partition coefficient (Wildman–Crippen LogP) is 6.27. The van der Waals surface area contributed by atoms with Gasteiger partial charge in [-0.25, -0.2) is 13.2 Å². The van der Waals surface area contributed by atoms with Gasteiger partial charge in [0.2, 0.25) is 15.9 Å². The van der Waals surface area contributed by atoms with Crippen LogP contribution in [-0.2, 0) is 27.9 Å². The average Bonchev–Trinajstić information content (AvgIpc) is 3.04. The quantitative estimate of drug-likeness (QED) is 0.201. The molecule has 1 heterocycles. The van der Waals surface area contributed by atoms with Crippen molar-refractivity contribution in [2.24, 2.45) is 0 Å². The van der Waals surface area contributed by atoms with Crippen molar-refractivity contribution in [2.45, 2.75) is 62.9 Å². The molecule has 0 spiro atoms. The van der Waals surface area contributed by atoms with Crippen LogP contribution in [0.1, 0.15) is 70.6 Å². The molecule has 3 aromatic carbocycles. The van der Waals surface area contributed by atoms with Gasteiger partial charge >= 0.3 is 5.97 Å². The number of phenols is 1. The zero-order valence-corrected chi connectivity index (χ0v) is 26.0. The maximum absolute atomic E-state index is 14.1. The molecule has 4 aromatic rings. The first-order chi connectivity index (χ1) is 21.6. The van der Waals surface area contributed by atoms with Gasteiger partial charge in [-0.1, -0.05) is 67.3 Å². The molecule has 5 rings (SSSR count). The molecule has 9 nitrogen and oxygen atoms in total. The molecule has 0 bridgehead atoms. The monoisotopic (exact) mass is 627 g/mol. The van der Waals surface area contributed by atoms with E-state index in [9.17, 15) is 28.2 Å². The summed E-state index contributed by atoms with van der Waals surface area (Å²) in [7, 11) is -4.11. The first-order valence-corrected chi connectivity index (χ1v) is 16.5. The summed E-state index contributed by atoms with van der Waals surface area (Å²) in [5.41, 5.74) is 3.51. The highest BCUT2D eigenvalue weighted by molar-refractivity contribution is 7.89. The lowest BCUT2D eigenvalue weighted by atomic mass is 9.84. The third kappa shape index (κ3) is 7.76. The second-order valence-corrected chi connectivity index (χ2v) is 13.4. The standard InChI is InChI=1S/C35H37N3O6S/c1-25-9-16-31(17-10-25)45(43,44)37(22-27-6-5-19-36-21-27)24-34(40)38(30-15-18-32(35(41)42)33(39)20-30)23-26-11-13-29(14-12-26)28-7-3-2-4-8-28/h5-6,9-21,28,39H,2-4,7-8,22-24H2,1H3,(H,41,42). The average molecular weight is 628 g/mol. The molecule has 1 aromatic heterocycles. The zero-order chi connectivity index (χ0) is 32.0. The molecule has 0 atom stereocenters. The molecule has 0 radical (unpaired) electrons. The van der Waals surface area contributed by atoms with E-state index in [-0.39, 0.29) is 29.2 Å². The van der Waals surface area contributed by atoms with E-state index in [0.717, 1.165) is 28.3 Å². The molecule has 45 heavy (non-hydrogen) atoms. The minimum atomic E-state index is -4.11. The Hall–Kier alpha value is -4.54. The van der Waals surface area contributed by atoms with Crippen LogP contribution < -0.4 is 4.90 Å². The van der Waals surface area contributed by atoms with Gasteiger partial charge in [-0.05, 0) is 72.7 Å². The number of benzene rings is 3. The van der Waals surface area contributed by atoms with Gasteiger partial charge < -0.3 is 15.1 Å². The van der Waals surface area contributed by atoms with Crippen LogP contribution in [0.2, 0.25) is 0 Å². The molecule has 1 amide bonds. The molecule has 234 valence electrons. The van der Waals surface area contributed by atoms with Crippen molar-refractivity contribution in [2.75, 3.05) is 11.4 Å². The van der Waals surface area contributed by atoms with E-state index in [1.54, 1.807) is 36.7 Å². The molecular formula is C35H37N3O6S. The molecule has 10 heteroatoms. The number of aromatic carboxylic acids is 1. The highest BCUT2D eigenvalue weighted by atomic mass is 32.2. The summed E-state index contributed by atoms with van der Waals surface area (Å²) in [6.07, 6.45) is 9.13. The summed E-state index contributed by atoms with van der Waals surface area (Å²) in [6, 6.07) is 21.8. The summed E-state index contributed by atoms with van der Waals surface area (Å²) >= 11 is 0. The number of nitrogens with zero attached hydrogens (tertiary/aromatic N) is 3. The number of aryl methyl sites for hydroxylation is 1. The first kappa shape index (κ1) is 31.9. The van der Waals surface area contributed by atoms with E-state index >= 15 is 0 Å². The summed E-state index contributed by atoms with van der Waals surface area (Å²) < 4.78 is 28.9. The Labute approximate surface area is 263 Å². The topological polar surface area (TPSA) is 128 Å². The van der Waals surface area contributed by atoms with Gasteiger partial charge in [0.05, 0.1) is 18.0 Å². The SMILES string of the molecule is Cc1ccc(S(=O)(=O)N(CC(=O)N(Cc2ccc(C3CCCCC3)cc2)c2ccc(C(=O)O)c(O)c2)Cc2cccnc2)cc1. The van der Waals surface area contributed by atoms with Gasteiger partial charge in [-0.2, -0.15) is 4.31 Å². The van der Waals surface area contributed by atoms with Crippen molar-refractivity contribution in [3.63, 3.8) is 0 Å². The van der Waals surface area contributed by atoms with Crippen molar-refractivity contribution in [1.82, 2.24) is 9.29 Å². The molecule has 1 aliphatic carbocycles. The van der Waals surface area contributed by atoms with Crippen LogP contribution in [0.3, 0.4) is 0 Å². The fourth-order valence-corrected chi connectivity index (χ4v) is 7.10. The van der Waals surface area contributed by atoms with Gasteiger partial charge in [0.15, 0.2) is 0 Å². The number of aromatic nitrogens is 1. The molecular weight excluding hydrogens is 590 g/mol. The van der Waals surface area contributed by atoms with Crippen LogP contribution >= 0.6 is 0 Å². The lowest BCUT2D eigenvalue weighted by Crippen LogP contribution is -2.42. The van der Waals surface area contributed by atoms with Crippen molar-refractivity contribution < 1.29 is 28.2 Å². The molecule has 2 N–H and O–H groups in total. The number of sulfonamides is 1. The van der Waals surface area contributed by atoms with Gasteiger partial charge in [-0.15, -0.1) is 0 Å². The van der Waals surface area contributed by atoms with Crippen LogP contribution in [0.15, 0.2) is 96.2 Å². The van der Waals surface area contributed by atoms with Crippen molar-refractivity contribution in [3.05, 3.63) is 119 Å².